The first-order valence-electron chi connectivity index (χ1n) is 4.21. The lowest BCUT2D eigenvalue weighted by atomic mass is 9.93. The minimum atomic E-state index is -0.723. The Hall–Kier alpha value is -1.02. The Labute approximate surface area is 70.6 Å². The predicted octanol–water partition coefficient (Wildman–Crippen LogP) is 1.91. The van der Waals surface area contributed by atoms with Crippen LogP contribution >= 0.6 is 0 Å². The molecule has 2 aliphatic carbocycles. The average molecular weight is 165 g/mol. The summed E-state index contributed by atoms with van der Waals surface area (Å²) in [5, 5.41) is 3.64. The second kappa shape index (κ2) is 2.02. The third kappa shape index (κ3) is 0.681. The first-order valence-corrected chi connectivity index (χ1v) is 4.21. The molecule has 0 radical (unpaired) electrons. The molecule has 64 valence electrons. The number of hydrogen-bond acceptors (Lipinski definition) is 2. The summed E-state index contributed by atoms with van der Waals surface area (Å²) >= 11 is 0. The number of carbonyl (C=O) groups excluding carboxylic acids is 1. The summed E-state index contributed by atoms with van der Waals surface area (Å²) in [5.74, 6) is 1.50. The largest absolute Gasteiger partial charge is 0.299 e. The van der Waals surface area contributed by atoms with E-state index in [1.54, 1.807) is 6.92 Å². The lowest BCUT2D eigenvalue weighted by Crippen LogP contribution is -2.32. The molecule has 0 saturated heterocycles. The zero-order valence-electron chi connectivity index (χ0n) is 7.19. The molecule has 0 bridgehead atoms. The van der Waals surface area contributed by atoms with Crippen molar-refractivity contribution >= 4 is 5.78 Å². The second-order valence-corrected chi connectivity index (χ2v) is 4.01. The summed E-state index contributed by atoms with van der Waals surface area (Å²) in [4.78, 5) is 14.2. The fourth-order valence-corrected chi connectivity index (χ4v) is 2.61. The summed E-state index contributed by atoms with van der Waals surface area (Å²) in [6, 6.07) is 0. The molecule has 0 N–H and O–H groups in total. The Balaban J connectivity index is 2.34. The van der Waals surface area contributed by atoms with E-state index in [4.69, 9.17) is 5.53 Å². The fraction of sp³-hybridized carbons (Fsp3) is 0.875. The second-order valence-electron chi connectivity index (χ2n) is 4.01. The Morgan fingerprint density at radius 1 is 1.75 bits per heavy atom. The van der Waals surface area contributed by atoms with Crippen molar-refractivity contribution in [3.8, 4) is 0 Å². The van der Waals surface area contributed by atoms with E-state index >= 15 is 0 Å². The molecular weight excluding hydrogens is 154 g/mol. The molecule has 4 nitrogen and oxygen atoms in total. The van der Waals surface area contributed by atoms with Crippen LogP contribution < -0.4 is 0 Å². The molecule has 0 aromatic carbocycles. The maximum Gasteiger partial charge on any atom is 0.145 e. The molecule has 4 atom stereocenters. The van der Waals surface area contributed by atoms with Crippen molar-refractivity contribution in [2.75, 3.05) is 0 Å². The van der Waals surface area contributed by atoms with E-state index in [2.05, 4.69) is 16.9 Å². The van der Waals surface area contributed by atoms with Gasteiger partial charge in [0.15, 0.2) is 0 Å². The molecule has 0 heterocycles. The summed E-state index contributed by atoms with van der Waals surface area (Å²) in [6.45, 7) is 3.89. The van der Waals surface area contributed by atoms with Crippen LogP contribution in [0, 0.1) is 17.8 Å². The molecule has 4 heteroatoms. The molecule has 0 aromatic rings. The third-order valence-electron chi connectivity index (χ3n) is 3.45. The molecule has 0 amide bonds. The van der Waals surface area contributed by atoms with Gasteiger partial charge in [0, 0.05) is 11.3 Å². The van der Waals surface area contributed by atoms with Gasteiger partial charge in [-0.25, -0.2) is 0 Å². The Kier molecular flexibility index (Phi) is 1.28. The number of Topliss-reactive ketones (excluding diaryl/α,β-unsaturated/α-hetero) is 1. The van der Waals surface area contributed by atoms with Crippen molar-refractivity contribution in [3.05, 3.63) is 10.4 Å². The van der Waals surface area contributed by atoms with Crippen molar-refractivity contribution in [2.24, 2.45) is 22.9 Å². The van der Waals surface area contributed by atoms with Gasteiger partial charge >= 0.3 is 0 Å². The van der Waals surface area contributed by atoms with E-state index in [1.165, 1.54) is 0 Å². The van der Waals surface area contributed by atoms with Gasteiger partial charge in [0.2, 0.25) is 0 Å². The summed E-state index contributed by atoms with van der Waals surface area (Å²) in [6.07, 6.45) is 0.612. The van der Waals surface area contributed by atoms with Crippen molar-refractivity contribution in [1.29, 1.82) is 0 Å². The van der Waals surface area contributed by atoms with Crippen molar-refractivity contribution in [2.45, 2.75) is 25.8 Å². The van der Waals surface area contributed by atoms with Gasteiger partial charge in [0.25, 0.3) is 0 Å². The van der Waals surface area contributed by atoms with Crippen LogP contribution in [0.1, 0.15) is 20.3 Å². The molecule has 3 unspecified atom stereocenters. The van der Waals surface area contributed by atoms with Crippen molar-refractivity contribution in [1.82, 2.24) is 0 Å². The number of hydrogen-bond donors (Lipinski definition) is 0. The number of nitrogens with zero attached hydrogens (tertiary/aromatic N) is 3. The summed E-state index contributed by atoms with van der Waals surface area (Å²) in [5.41, 5.74) is 7.61. The molecule has 12 heavy (non-hydrogen) atoms. The Morgan fingerprint density at radius 2 is 2.42 bits per heavy atom. The lowest BCUT2D eigenvalue weighted by Gasteiger charge is -2.17. The molecule has 2 rings (SSSR count). The van der Waals surface area contributed by atoms with Crippen molar-refractivity contribution < 1.29 is 4.79 Å². The van der Waals surface area contributed by atoms with Gasteiger partial charge in [0.1, 0.15) is 11.3 Å². The zero-order chi connectivity index (χ0) is 8.93. The Morgan fingerprint density at radius 3 is 2.92 bits per heavy atom. The number of rotatable bonds is 1. The highest BCUT2D eigenvalue weighted by Crippen LogP contribution is 2.61. The van der Waals surface area contributed by atoms with Crippen molar-refractivity contribution in [3.63, 3.8) is 0 Å². The van der Waals surface area contributed by atoms with E-state index in [-0.39, 0.29) is 5.78 Å². The highest BCUT2D eigenvalue weighted by molar-refractivity contribution is 5.92. The van der Waals surface area contributed by atoms with Gasteiger partial charge in [0.05, 0.1) is 0 Å². The van der Waals surface area contributed by atoms with Crippen LogP contribution in [0.4, 0.5) is 0 Å². The van der Waals surface area contributed by atoms with Crippen LogP contribution in [0.3, 0.4) is 0 Å². The topological polar surface area (TPSA) is 65.8 Å². The molecule has 2 saturated carbocycles. The highest BCUT2D eigenvalue weighted by atomic mass is 16.1. The molecule has 0 spiro atoms. The smallest absolute Gasteiger partial charge is 0.145 e. The number of azide groups is 1. The van der Waals surface area contributed by atoms with Crippen LogP contribution in [0.2, 0.25) is 0 Å². The molecule has 2 aliphatic rings. The Bertz CT molecular complexity index is 295. The van der Waals surface area contributed by atoms with E-state index in [0.717, 1.165) is 0 Å². The summed E-state index contributed by atoms with van der Waals surface area (Å²) in [7, 11) is 0. The van der Waals surface area contributed by atoms with Gasteiger partial charge in [-0.3, -0.25) is 4.79 Å². The van der Waals surface area contributed by atoms with Crippen LogP contribution in [-0.2, 0) is 4.79 Å². The third-order valence-corrected chi connectivity index (χ3v) is 3.45. The van der Waals surface area contributed by atoms with Gasteiger partial charge in [-0.1, -0.05) is 12.0 Å². The quantitative estimate of drug-likeness (QED) is 0.332. The van der Waals surface area contributed by atoms with E-state index in [9.17, 15) is 4.79 Å². The monoisotopic (exact) mass is 165 g/mol. The fourth-order valence-electron chi connectivity index (χ4n) is 2.61. The molecule has 2 fully saturated rings. The number of fused-ring (bicyclic) bond motifs is 1. The van der Waals surface area contributed by atoms with Crippen LogP contribution in [0.25, 0.3) is 10.4 Å². The molecule has 0 aromatic heterocycles. The van der Waals surface area contributed by atoms with E-state index in [0.29, 0.717) is 24.2 Å². The SMILES string of the molecule is C[C@H]1C2CC(=O)C(C)(N=[N+]=[N-])C21. The van der Waals surface area contributed by atoms with Gasteiger partial charge in [-0.05, 0) is 30.2 Å². The highest BCUT2D eigenvalue weighted by Gasteiger charge is 2.65. The maximum atomic E-state index is 11.4. The normalized spacial score (nSPS) is 49.8. The van der Waals surface area contributed by atoms with Gasteiger partial charge < -0.3 is 0 Å². The number of carbonyl (C=O) groups is 1. The minimum absolute atomic E-state index is 0.119. The molecule has 0 aliphatic heterocycles. The van der Waals surface area contributed by atoms with E-state index < -0.39 is 5.54 Å². The summed E-state index contributed by atoms with van der Waals surface area (Å²) < 4.78 is 0. The first-order chi connectivity index (χ1) is 5.61. The lowest BCUT2D eigenvalue weighted by molar-refractivity contribution is -0.122. The minimum Gasteiger partial charge on any atom is -0.299 e. The zero-order valence-corrected chi connectivity index (χ0v) is 7.19. The van der Waals surface area contributed by atoms with E-state index in [1.807, 2.05) is 0 Å². The average Bonchev–Trinajstić information content (AvgIpc) is 2.53. The van der Waals surface area contributed by atoms with Gasteiger partial charge in [-0.2, -0.15) is 0 Å². The maximum absolute atomic E-state index is 11.4. The standard InChI is InChI=1S/C8H11N3O/c1-4-5-3-6(12)8(2,7(4)5)10-11-9/h4-5,7H,3H2,1-2H3/t4-,5?,7?,8?/m0/s1. The van der Waals surface area contributed by atoms with Crippen LogP contribution in [-0.4, -0.2) is 11.3 Å². The van der Waals surface area contributed by atoms with Gasteiger partial charge in [-0.15, -0.1) is 0 Å². The molecular formula is C8H11N3O. The van der Waals surface area contributed by atoms with Crippen LogP contribution in [0.15, 0.2) is 5.11 Å². The number of ketones is 1. The van der Waals surface area contributed by atoms with Crippen LogP contribution in [0.5, 0.6) is 0 Å². The first kappa shape index (κ1) is 7.62. The predicted molar refractivity (Wildman–Crippen MR) is 43.3 cm³/mol.